The van der Waals surface area contributed by atoms with Crippen molar-refractivity contribution in [3.8, 4) is 0 Å². The molecule has 3 aromatic rings. The quantitative estimate of drug-likeness (QED) is 0.502. The molecule has 1 aliphatic heterocycles. The molecule has 1 nitrogen and oxygen atoms in total. The zero-order valence-electron chi connectivity index (χ0n) is 15.9. The van der Waals surface area contributed by atoms with Crippen molar-refractivity contribution in [2.45, 2.75) is 34.2 Å². The van der Waals surface area contributed by atoms with Crippen molar-refractivity contribution in [1.29, 1.82) is 0 Å². The molecule has 4 rings (SSSR count). The molecule has 0 fully saturated rings. The van der Waals surface area contributed by atoms with Crippen LogP contribution in [-0.2, 0) is 6.54 Å². The maximum Gasteiger partial charge on any atom is 0.0250 e. The molecule has 26 heavy (non-hydrogen) atoms. The largest absolute Gasteiger partial charge is 0.291 e. The second kappa shape index (κ2) is 7.15. The Morgan fingerprint density at radius 1 is 0.769 bits per heavy atom. The Kier molecular flexibility index (Phi) is 4.87. The topological polar surface area (TPSA) is 3.24 Å². The fraction of sp³-hybridized carbons (Fsp3) is 0.304. The number of benzene rings is 1. The molecule has 0 radical (unpaired) electrons. The second-order valence-corrected chi connectivity index (χ2v) is 10.2. The first-order valence-corrected chi connectivity index (χ1v) is 10.8. The van der Waals surface area contributed by atoms with Crippen LogP contribution < -0.4 is 0 Å². The third-order valence-corrected chi connectivity index (χ3v) is 7.04. The third kappa shape index (κ3) is 3.44. The highest BCUT2D eigenvalue weighted by atomic mass is 32.1. The summed E-state index contributed by atoms with van der Waals surface area (Å²) in [6.45, 7) is 12.1. The molecule has 0 aliphatic carbocycles. The summed E-state index contributed by atoms with van der Waals surface area (Å²) in [5, 5.41) is 0. The van der Waals surface area contributed by atoms with Crippen LogP contribution in [0.1, 0.15) is 36.2 Å². The molecule has 0 saturated carbocycles. The van der Waals surface area contributed by atoms with Gasteiger partial charge in [0, 0.05) is 39.1 Å². The number of aryl methyl sites for hydroxylation is 4. The molecule has 0 saturated heterocycles. The van der Waals surface area contributed by atoms with Gasteiger partial charge in [-0.05, 0) is 67.7 Å². The van der Waals surface area contributed by atoms with E-state index in [4.69, 9.17) is 0 Å². The van der Waals surface area contributed by atoms with Gasteiger partial charge in [-0.15, -0.1) is 22.7 Å². The van der Waals surface area contributed by atoms with Gasteiger partial charge in [-0.3, -0.25) is 4.90 Å². The summed E-state index contributed by atoms with van der Waals surface area (Å²) < 4.78 is 0. The average Bonchev–Trinajstić information content (AvgIpc) is 3.25. The predicted molar refractivity (Wildman–Crippen MR) is 116 cm³/mol. The zero-order chi connectivity index (χ0) is 18.3. The van der Waals surface area contributed by atoms with Crippen LogP contribution in [-0.4, -0.2) is 18.0 Å². The van der Waals surface area contributed by atoms with E-state index < -0.39 is 0 Å². The van der Waals surface area contributed by atoms with Crippen LogP contribution in [0.4, 0.5) is 0 Å². The molecule has 1 aliphatic rings. The van der Waals surface area contributed by atoms with E-state index in [0.29, 0.717) is 0 Å². The van der Waals surface area contributed by atoms with Crippen LogP contribution >= 0.6 is 22.7 Å². The van der Waals surface area contributed by atoms with Crippen molar-refractivity contribution in [2.75, 3.05) is 13.1 Å². The zero-order valence-corrected chi connectivity index (χ0v) is 17.6. The lowest BCUT2D eigenvalue weighted by Gasteiger charge is -2.16. The number of rotatable bonds is 4. The van der Waals surface area contributed by atoms with E-state index in [0.717, 1.165) is 19.6 Å². The Morgan fingerprint density at radius 2 is 1.27 bits per heavy atom. The highest BCUT2D eigenvalue weighted by Crippen LogP contribution is 2.40. The highest BCUT2D eigenvalue weighted by Gasteiger charge is 2.27. The van der Waals surface area contributed by atoms with E-state index >= 15 is 0 Å². The molecular weight excluding hydrogens is 354 g/mol. The van der Waals surface area contributed by atoms with Gasteiger partial charge in [0.05, 0.1) is 0 Å². The summed E-state index contributed by atoms with van der Waals surface area (Å²) in [6.07, 6.45) is 0. The minimum atomic E-state index is 1.01. The highest BCUT2D eigenvalue weighted by molar-refractivity contribution is 7.12. The normalized spacial score (nSPS) is 15.2. The fourth-order valence-electron chi connectivity index (χ4n) is 4.00. The molecule has 0 unspecified atom stereocenters. The van der Waals surface area contributed by atoms with E-state index in [-0.39, 0.29) is 0 Å². The van der Waals surface area contributed by atoms with Crippen LogP contribution in [0.2, 0.25) is 0 Å². The minimum absolute atomic E-state index is 1.01. The first kappa shape index (κ1) is 17.7. The van der Waals surface area contributed by atoms with Crippen molar-refractivity contribution >= 4 is 33.8 Å². The molecule has 3 heterocycles. The molecule has 0 atom stereocenters. The summed E-state index contributed by atoms with van der Waals surface area (Å²) >= 11 is 3.84. The fourth-order valence-corrected chi connectivity index (χ4v) is 5.91. The van der Waals surface area contributed by atoms with Gasteiger partial charge in [0.25, 0.3) is 0 Å². The summed E-state index contributed by atoms with van der Waals surface area (Å²) in [5.41, 5.74) is 7.37. The molecule has 0 amide bonds. The van der Waals surface area contributed by atoms with Crippen molar-refractivity contribution in [3.05, 3.63) is 78.7 Å². The summed E-state index contributed by atoms with van der Waals surface area (Å²) in [7, 11) is 0. The maximum absolute atomic E-state index is 2.58. The molecule has 0 spiro atoms. The van der Waals surface area contributed by atoms with Gasteiger partial charge in [-0.1, -0.05) is 30.3 Å². The smallest absolute Gasteiger partial charge is 0.0250 e. The summed E-state index contributed by atoms with van der Waals surface area (Å²) in [4.78, 5) is 8.29. The van der Waals surface area contributed by atoms with Gasteiger partial charge in [-0.25, -0.2) is 0 Å². The van der Waals surface area contributed by atoms with Gasteiger partial charge in [0.2, 0.25) is 0 Å². The SMILES string of the molecule is Cc1cc(C2=C(c3cc(C)sc3C)CN(Cc3ccccc3)C2)c(C)s1. The monoisotopic (exact) mass is 379 g/mol. The lowest BCUT2D eigenvalue weighted by molar-refractivity contribution is 0.351. The summed E-state index contributed by atoms with van der Waals surface area (Å²) in [5.74, 6) is 0. The molecular formula is C23H25NS2. The van der Waals surface area contributed by atoms with Crippen LogP contribution in [0.5, 0.6) is 0 Å². The molecule has 3 heteroatoms. The van der Waals surface area contributed by atoms with Crippen LogP contribution in [0, 0.1) is 27.7 Å². The van der Waals surface area contributed by atoms with Gasteiger partial charge in [0.15, 0.2) is 0 Å². The Labute approximate surface area is 164 Å². The van der Waals surface area contributed by atoms with Gasteiger partial charge in [0.1, 0.15) is 0 Å². The molecule has 134 valence electrons. The average molecular weight is 380 g/mol. The standard InChI is InChI=1S/C23H25NS2/c1-15-10-20(17(3)25-15)22-13-24(12-19-8-6-5-7-9-19)14-23(22)21-11-16(2)26-18(21)4/h5-11H,12-14H2,1-4H3. The maximum atomic E-state index is 2.58. The molecule has 0 bridgehead atoms. The lowest BCUT2D eigenvalue weighted by Crippen LogP contribution is -2.20. The first-order valence-electron chi connectivity index (χ1n) is 9.14. The number of thiophene rings is 2. The Balaban J connectivity index is 1.72. The van der Waals surface area contributed by atoms with E-state index in [1.165, 1.54) is 47.3 Å². The van der Waals surface area contributed by atoms with Crippen molar-refractivity contribution in [2.24, 2.45) is 0 Å². The van der Waals surface area contributed by atoms with Gasteiger partial charge in [-0.2, -0.15) is 0 Å². The van der Waals surface area contributed by atoms with Crippen LogP contribution in [0.25, 0.3) is 11.1 Å². The predicted octanol–water partition coefficient (Wildman–Crippen LogP) is 6.47. The number of nitrogens with zero attached hydrogens (tertiary/aromatic N) is 1. The summed E-state index contributed by atoms with van der Waals surface area (Å²) in [6, 6.07) is 15.6. The lowest BCUT2D eigenvalue weighted by atomic mass is 9.97. The minimum Gasteiger partial charge on any atom is -0.291 e. The van der Waals surface area contributed by atoms with E-state index in [9.17, 15) is 0 Å². The van der Waals surface area contributed by atoms with Crippen molar-refractivity contribution in [1.82, 2.24) is 4.90 Å². The van der Waals surface area contributed by atoms with Crippen molar-refractivity contribution in [3.63, 3.8) is 0 Å². The Bertz CT molecular complexity index is 901. The van der Waals surface area contributed by atoms with Gasteiger partial charge < -0.3 is 0 Å². The van der Waals surface area contributed by atoms with Crippen LogP contribution in [0.15, 0.2) is 42.5 Å². The Hall–Kier alpha value is -1.68. The van der Waals surface area contributed by atoms with E-state index in [2.05, 4.69) is 75.1 Å². The Morgan fingerprint density at radius 3 is 1.69 bits per heavy atom. The molecule has 0 N–H and O–H groups in total. The van der Waals surface area contributed by atoms with Crippen molar-refractivity contribution < 1.29 is 0 Å². The second-order valence-electron chi connectivity index (χ2n) is 7.24. The third-order valence-electron chi connectivity index (χ3n) is 5.11. The van der Waals surface area contributed by atoms with Gasteiger partial charge >= 0.3 is 0 Å². The molecule has 1 aromatic carbocycles. The van der Waals surface area contributed by atoms with Crippen LogP contribution in [0.3, 0.4) is 0 Å². The van der Waals surface area contributed by atoms with E-state index in [1.54, 1.807) is 0 Å². The molecule has 2 aromatic heterocycles. The van der Waals surface area contributed by atoms with E-state index in [1.807, 2.05) is 22.7 Å². The number of hydrogen-bond donors (Lipinski definition) is 0. The first-order chi connectivity index (χ1) is 12.5. The number of hydrogen-bond acceptors (Lipinski definition) is 3.